The molecule has 0 aliphatic carbocycles. The summed E-state index contributed by atoms with van der Waals surface area (Å²) in [6.45, 7) is 3.88. The predicted octanol–water partition coefficient (Wildman–Crippen LogP) is 1.77. The van der Waals surface area contributed by atoms with Gasteiger partial charge in [0.2, 0.25) is 0 Å². The van der Waals surface area contributed by atoms with Gasteiger partial charge in [-0.3, -0.25) is 9.78 Å². The third kappa shape index (κ3) is 3.25. The minimum atomic E-state index is -0.259. The normalized spacial score (nSPS) is 11.9. The van der Waals surface area contributed by atoms with E-state index in [0.717, 1.165) is 9.88 Å². The lowest BCUT2D eigenvalue weighted by Gasteiger charge is -2.10. The van der Waals surface area contributed by atoms with Gasteiger partial charge in [0.05, 0.1) is 18.4 Å². The third-order valence-corrected chi connectivity index (χ3v) is 3.58. The van der Waals surface area contributed by atoms with Crippen molar-refractivity contribution in [1.29, 1.82) is 0 Å². The number of anilines is 1. The lowest BCUT2D eigenvalue weighted by atomic mass is 10.3. The molecule has 0 aliphatic rings. The van der Waals surface area contributed by atoms with E-state index in [1.165, 1.54) is 6.20 Å². The minimum Gasteiger partial charge on any atom is -0.372 e. The highest BCUT2D eigenvalue weighted by Gasteiger charge is 2.15. The van der Waals surface area contributed by atoms with E-state index in [4.69, 9.17) is 0 Å². The highest BCUT2D eigenvalue weighted by atomic mass is 32.1. The lowest BCUT2D eigenvalue weighted by molar-refractivity contribution is 0.0934. The Morgan fingerprint density at radius 2 is 2.16 bits per heavy atom. The van der Waals surface area contributed by atoms with Gasteiger partial charge in [-0.2, -0.15) is 0 Å². The van der Waals surface area contributed by atoms with Crippen LogP contribution in [0.1, 0.15) is 33.3 Å². The summed E-state index contributed by atoms with van der Waals surface area (Å²) in [4.78, 5) is 25.5. The Morgan fingerprint density at radius 3 is 2.79 bits per heavy atom. The van der Waals surface area contributed by atoms with Crippen LogP contribution >= 0.6 is 11.3 Å². The van der Waals surface area contributed by atoms with Gasteiger partial charge in [0, 0.05) is 18.1 Å². The lowest BCUT2D eigenvalue weighted by Crippen LogP contribution is -2.27. The topological polar surface area (TPSA) is 79.8 Å². The zero-order chi connectivity index (χ0) is 13.8. The van der Waals surface area contributed by atoms with Crippen molar-refractivity contribution >= 4 is 23.1 Å². The second kappa shape index (κ2) is 5.75. The van der Waals surface area contributed by atoms with Crippen LogP contribution in [0.4, 0.5) is 5.82 Å². The monoisotopic (exact) mass is 277 g/mol. The predicted molar refractivity (Wildman–Crippen MR) is 74.3 cm³/mol. The third-order valence-electron chi connectivity index (χ3n) is 2.48. The smallest absolute Gasteiger partial charge is 0.272 e. The van der Waals surface area contributed by atoms with E-state index in [1.54, 1.807) is 30.8 Å². The number of amides is 1. The molecule has 1 unspecified atom stereocenters. The molecule has 1 amide bonds. The zero-order valence-electron chi connectivity index (χ0n) is 11.0. The molecule has 2 rings (SSSR count). The van der Waals surface area contributed by atoms with Crippen LogP contribution in [0, 0.1) is 6.92 Å². The Hall–Kier alpha value is -2.02. The maximum Gasteiger partial charge on any atom is 0.272 e. The van der Waals surface area contributed by atoms with Gasteiger partial charge >= 0.3 is 0 Å². The molecule has 0 aromatic carbocycles. The summed E-state index contributed by atoms with van der Waals surface area (Å²) < 4.78 is 0. The zero-order valence-corrected chi connectivity index (χ0v) is 11.8. The van der Waals surface area contributed by atoms with Gasteiger partial charge in [0.15, 0.2) is 0 Å². The molecule has 0 fully saturated rings. The summed E-state index contributed by atoms with van der Waals surface area (Å²) in [6.07, 6.45) is 4.80. The first-order chi connectivity index (χ1) is 9.10. The largest absolute Gasteiger partial charge is 0.372 e. The number of carbonyl (C=O) groups excluding carboxylic acids is 1. The van der Waals surface area contributed by atoms with E-state index in [2.05, 4.69) is 25.6 Å². The first-order valence-electron chi connectivity index (χ1n) is 5.83. The number of nitrogens with zero attached hydrogens (tertiary/aromatic N) is 3. The Labute approximate surface area is 115 Å². The van der Waals surface area contributed by atoms with Crippen molar-refractivity contribution in [2.75, 3.05) is 12.4 Å². The molecular weight excluding hydrogens is 262 g/mol. The number of rotatable bonds is 4. The van der Waals surface area contributed by atoms with Crippen molar-refractivity contribution in [3.05, 3.63) is 34.2 Å². The van der Waals surface area contributed by atoms with Gasteiger partial charge in [0.25, 0.3) is 5.91 Å². The summed E-state index contributed by atoms with van der Waals surface area (Å²) in [5.41, 5.74) is 0.284. The quantitative estimate of drug-likeness (QED) is 0.890. The van der Waals surface area contributed by atoms with E-state index >= 15 is 0 Å². The van der Waals surface area contributed by atoms with Gasteiger partial charge in [-0.1, -0.05) is 0 Å². The second-order valence-corrected chi connectivity index (χ2v) is 5.31. The fourth-order valence-corrected chi connectivity index (χ4v) is 2.28. The molecular formula is C12H15N5OS. The second-order valence-electron chi connectivity index (χ2n) is 4.04. The van der Waals surface area contributed by atoms with E-state index in [-0.39, 0.29) is 17.6 Å². The van der Waals surface area contributed by atoms with Crippen LogP contribution in [0.25, 0.3) is 0 Å². The molecule has 0 aliphatic heterocycles. The highest BCUT2D eigenvalue weighted by molar-refractivity contribution is 7.11. The van der Waals surface area contributed by atoms with E-state index in [1.807, 2.05) is 13.8 Å². The molecule has 0 saturated heterocycles. The summed E-state index contributed by atoms with van der Waals surface area (Å²) in [5.74, 6) is 0.301. The number of aryl methyl sites for hydroxylation is 1. The van der Waals surface area contributed by atoms with Crippen LogP contribution < -0.4 is 10.6 Å². The van der Waals surface area contributed by atoms with Crippen molar-refractivity contribution in [2.45, 2.75) is 19.9 Å². The molecule has 2 aromatic heterocycles. The number of hydrogen-bond donors (Lipinski definition) is 2. The van der Waals surface area contributed by atoms with Gasteiger partial charge < -0.3 is 10.6 Å². The highest BCUT2D eigenvalue weighted by Crippen LogP contribution is 2.19. The number of thiazole rings is 1. The maximum atomic E-state index is 12.0. The molecule has 0 radical (unpaired) electrons. The Kier molecular flexibility index (Phi) is 4.06. The fraction of sp³-hybridized carbons (Fsp3) is 0.333. The first kappa shape index (κ1) is 13.4. The number of nitrogens with one attached hydrogen (secondary N) is 2. The van der Waals surface area contributed by atoms with Crippen molar-refractivity contribution < 1.29 is 4.79 Å². The SMILES string of the molecule is CNc1cncc(C(=O)NC(C)c2ncc(C)s2)n1. The van der Waals surface area contributed by atoms with Gasteiger partial charge in [-0.15, -0.1) is 11.3 Å². The van der Waals surface area contributed by atoms with Gasteiger partial charge in [0.1, 0.15) is 16.5 Å². The van der Waals surface area contributed by atoms with Crippen molar-refractivity contribution in [3.63, 3.8) is 0 Å². The summed E-state index contributed by atoms with van der Waals surface area (Å²) in [6, 6.07) is -0.147. The maximum absolute atomic E-state index is 12.0. The van der Waals surface area contributed by atoms with Crippen LogP contribution in [0.3, 0.4) is 0 Å². The number of carbonyl (C=O) groups is 1. The van der Waals surface area contributed by atoms with Crippen LogP contribution in [0.2, 0.25) is 0 Å². The minimum absolute atomic E-state index is 0.147. The Morgan fingerprint density at radius 1 is 1.37 bits per heavy atom. The Bertz CT molecular complexity index is 583. The average molecular weight is 277 g/mol. The van der Waals surface area contributed by atoms with Crippen LogP contribution in [-0.4, -0.2) is 27.9 Å². The fourth-order valence-electron chi connectivity index (χ4n) is 1.50. The van der Waals surface area contributed by atoms with E-state index < -0.39 is 0 Å². The van der Waals surface area contributed by atoms with Crippen molar-refractivity contribution in [1.82, 2.24) is 20.3 Å². The Balaban J connectivity index is 2.08. The molecule has 6 nitrogen and oxygen atoms in total. The molecule has 0 bridgehead atoms. The summed E-state index contributed by atoms with van der Waals surface area (Å²) in [5, 5.41) is 6.58. The summed E-state index contributed by atoms with van der Waals surface area (Å²) >= 11 is 1.57. The van der Waals surface area contributed by atoms with Crippen molar-refractivity contribution in [3.8, 4) is 0 Å². The molecule has 1 atom stereocenters. The average Bonchev–Trinajstić information content (AvgIpc) is 2.85. The molecule has 2 heterocycles. The van der Waals surface area contributed by atoms with Gasteiger partial charge in [-0.25, -0.2) is 9.97 Å². The number of hydrogen-bond acceptors (Lipinski definition) is 6. The first-order valence-corrected chi connectivity index (χ1v) is 6.65. The molecule has 100 valence electrons. The van der Waals surface area contributed by atoms with Crippen LogP contribution in [-0.2, 0) is 0 Å². The standard InChI is InChI=1S/C12H15N5OS/c1-7-4-15-12(19-7)8(2)16-11(18)9-5-14-6-10(13-3)17-9/h4-6,8H,1-3H3,(H,13,17)(H,16,18). The van der Waals surface area contributed by atoms with Crippen LogP contribution in [0.15, 0.2) is 18.6 Å². The molecule has 0 saturated carbocycles. The van der Waals surface area contributed by atoms with Gasteiger partial charge in [-0.05, 0) is 13.8 Å². The molecule has 19 heavy (non-hydrogen) atoms. The van der Waals surface area contributed by atoms with Crippen molar-refractivity contribution in [2.24, 2.45) is 0 Å². The molecule has 2 aromatic rings. The molecule has 7 heteroatoms. The molecule has 2 N–H and O–H groups in total. The van der Waals surface area contributed by atoms with Crippen LogP contribution in [0.5, 0.6) is 0 Å². The summed E-state index contributed by atoms with van der Waals surface area (Å²) in [7, 11) is 1.73. The van der Waals surface area contributed by atoms with E-state index in [0.29, 0.717) is 5.82 Å². The molecule has 0 spiro atoms. The van der Waals surface area contributed by atoms with E-state index in [9.17, 15) is 4.79 Å². The number of aromatic nitrogens is 3.